The van der Waals surface area contributed by atoms with Gasteiger partial charge in [-0.25, -0.2) is 9.50 Å². The van der Waals surface area contributed by atoms with E-state index < -0.39 is 0 Å². The number of hydrogen-bond donors (Lipinski definition) is 1. The molecule has 2 aromatic heterocycles. The van der Waals surface area contributed by atoms with Crippen LogP contribution in [0.5, 0.6) is 0 Å². The van der Waals surface area contributed by atoms with Crippen molar-refractivity contribution < 1.29 is 5.11 Å². The molecule has 0 fully saturated rings. The van der Waals surface area contributed by atoms with Crippen molar-refractivity contribution in [3.63, 3.8) is 0 Å². The van der Waals surface area contributed by atoms with Crippen LogP contribution in [0.2, 0.25) is 0 Å². The van der Waals surface area contributed by atoms with Gasteiger partial charge in [-0.2, -0.15) is 5.10 Å². The fourth-order valence-corrected chi connectivity index (χ4v) is 1.32. The fourth-order valence-electron chi connectivity index (χ4n) is 1.32. The minimum absolute atomic E-state index is 0.357. The molecule has 0 unspecified atom stereocenters. The van der Waals surface area contributed by atoms with Gasteiger partial charge in [-0.15, -0.1) is 0 Å². The van der Waals surface area contributed by atoms with Crippen LogP contribution in [0.25, 0.3) is 5.52 Å². The largest absolute Gasteiger partial charge is 0.445 e. The molecule has 2 rings (SSSR count). The second kappa shape index (κ2) is 3.02. The Labute approximate surface area is 74.8 Å². The first-order chi connectivity index (χ1) is 6.33. The summed E-state index contributed by atoms with van der Waals surface area (Å²) >= 11 is 0. The van der Waals surface area contributed by atoms with Crippen LogP contribution in [0, 0.1) is 0 Å². The number of anilines is 1. The molecule has 2 heterocycles. The summed E-state index contributed by atoms with van der Waals surface area (Å²) in [6.45, 7) is 0.357. The molecule has 0 spiro atoms. The molecule has 68 valence electrons. The maximum absolute atomic E-state index is 7.12. The van der Waals surface area contributed by atoms with E-state index in [9.17, 15) is 0 Å². The highest BCUT2D eigenvalue weighted by atomic mass is 16.3. The Morgan fingerprint density at radius 1 is 1.46 bits per heavy atom. The molecule has 0 saturated heterocycles. The summed E-state index contributed by atoms with van der Waals surface area (Å²) in [5, 5.41) is 11.2. The SMILES string of the molecule is Nc1ncnn2c(CC[OH2+])ccc12. The molecule has 13 heavy (non-hydrogen) atoms. The van der Waals surface area contributed by atoms with E-state index in [4.69, 9.17) is 10.8 Å². The lowest BCUT2D eigenvalue weighted by atomic mass is 10.3. The average molecular weight is 179 g/mol. The number of nitrogen functional groups attached to an aromatic ring is 1. The normalized spacial score (nSPS) is 10.8. The molecule has 0 saturated carbocycles. The lowest BCUT2D eigenvalue weighted by Gasteiger charge is -1.99. The van der Waals surface area contributed by atoms with Crippen LogP contribution in [0.4, 0.5) is 5.82 Å². The van der Waals surface area contributed by atoms with Crippen LogP contribution in [-0.2, 0) is 6.42 Å². The second-order valence-corrected chi connectivity index (χ2v) is 2.77. The maximum atomic E-state index is 7.12. The van der Waals surface area contributed by atoms with Gasteiger partial charge in [0.1, 0.15) is 18.5 Å². The first-order valence-corrected chi connectivity index (χ1v) is 4.04. The molecule has 0 aliphatic heterocycles. The second-order valence-electron chi connectivity index (χ2n) is 2.77. The third kappa shape index (κ3) is 1.23. The van der Waals surface area contributed by atoms with Gasteiger partial charge in [0.05, 0.1) is 12.1 Å². The van der Waals surface area contributed by atoms with E-state index in [1.807, 2.05) is 12.1 Å². The number of hydrogen-bond acceptors (Lipinski definition) is 3. The molecule has 5 heteroatoms. The van der Waals surface area contributed by atoms with Gasteiger partial charge >= 0.3 is 0 Å². The molecule has 2 aromatic rings. The van der Waals surface area contributed by atoms with Gasteiger partial charge in [0.2, 0.25) is 0 Å². The number of rotatable bonds is 2. The van der Waals surface area contributed by atoms with Crippen molar-refractivity contribution in [3.05, 3.63) is 24.2 Å². The molecule has 0 bridgehead atoms. The van der Waals surface area contributed by atoms with Crippen molar-refractivity contribution in [2.75, 3.05) is 12.3 Å². The molecule has 0 atom stereocenters. The Morgan fingerprint density at radius 3 is 3.08 bits per heavy atom. The Morgan fingerprint density at radius 2 is 2.31 bits per heavy atom. The first-order valence-electron chi connectivity index (χ1n) is 4.04. The molecule has 0 radical (unpaired) electrons. The summed E-state index contributed by atoms with van der Waals surface area (Å²) < 4.78 is 1.73. The monoisotopic (exact) mass is 179 g/mol. The van der Waals surface area contributed by atoms with Crippen molar-refractivity contribution in [1.82, 2.24) is 14.6 Å². The topological polar surface area (TPSA) is 79.1 Å². The fraction of sp³-hybridized carbons (Fsp3) is 0.250. The third-order valence-electron chi connectivity index (χ3n) is 1.94. The summed E-state index contributed by atoms with van der Waals surface area (Å²) in [7, 11) is 0. The zero-order valence-electron chi connectivity index (χ0n) is 7.07. The van der Waals surface area contributed by atoms with E-state index in [1.165, 1.54) is 6.33 Å². The van der Waals surface area contributed by atoms with E-state index >= 15 is 0 Å². The number of aromatic nitrogens is 3. The van der Waals surface area contributed by atoms with Crippen molar-refractivity contribution in [1.29, 1.82) is 0 Å². The highest BCUT2D eigenvalue weighted by molar-refractivity contribution is 5.65. The van der Waals surface area contributed by atoms with E-state index in [1.54, 1.807) is 4.52 Å². The van der Waals surface area contributed by atoms with Crippen LogP contribution in [-0.4, -0.2) is 26.3 Å². The minimum atomic E-state index is 0.357. The van der Waals surface area contributed by atoms with Crippen LogP contribution in [0.3, 0.4) is 0 Å². The third-order valence-corrected chi connectivity index (χ3v) is 1.94. The summed E-state index contributed by atoms with van der Waals surface area (Å²) in [6, 6.07) is 3.80. The van der Waals surface area contributed by atoms with E-state index in [0.29, 0.717) is 18.8 Å². The van der Waals surface area contributed by atoms with Gasteiger partial charge in [0.25, 0.3) is 0 Å². The van der Waals surface area contributed by atoms with Crippen molar-refractivity contribution >= 4 is 11.3 Å². The zero-order chi connectivity index (χ0) is 9.26. The van der Waals surface area contributed by atoms with Gasteiger partial charge in [0, 0.05) is 0 Å². The standard InChI is InChI=1S/C8H10N4O/c9-8-7-2-1-6(3-4-13)12(7)11-5-10-8/h1-2,5,13H,3-4H2,(H2,9,10,11)/p+1. The molecular weight excluding hydrogens is 168 g/mol. The minimum Gasteiger partial charge on any atom is -0.445 e. The van der Waals surface area contributed by atoms with E-state index in [0.717, 1.165) is 11.2 Å². The Balaban J connectivity index is 2.61. The Hall–Kier alpha value is -1.62. The lowest BCUT2D eigenvalue weighted by molar-refractivity contribution is 0.297. The number of nitrogens with zero attached hydrogens (tertiary/aromatic N) is 3. The Kier molecular flexibility index (Phi) is 1.86. The van der Waals surface area contributed by atoms with Gasteiger partial charge in [-0.3, -0.25) is 0 Å². The summed E-state index contributed by atoms with van der Waals surface area (Å²) in [5.74, 6) is 0.478. The van der Waals surface area contributed by atoms with E-state index in [2.05, 4.69) is 10.1 Å². The predicted molar refractivity (Wildman–Crippen MR) is 49.6 cm³/mol. The van der Waals surface area contributed by atoms with Crippen LogP contribution in [0.15, 0.2) is 18.5 Å². The van der Waals surface area contributed by atoms with Crippen LogP contribution >= 0.6 is 0 Å². The maximum Gasteiger partial charge on any atom is 0.151 e. The molecule has 5 nitrogen and oxygen atoms in total. The highest BCUT2D eigenvalue weighted by Gasteiger charge is 2.05. The van der Waals surface area contributed by atoms with Gasteiger partial charge in [-0.05, 0) is 12.1 Å². The first kappa shape index (κ1) is 8.00. The predicted octanol–water partition coefficient (Wildman–Crippen LogP) is -0.421. The average Bonchev–Trinajstić information content (AvgIpc) is 2.51. The molecular formula is C8H11N4O+. The highest BCUT2D eigenvalue weighted by Crippen LogP contribution is 2.12. The summed E-state index contributed by atoms with van der Waals surface area (Å²) in [4.78, 5) is 3.88. The molecule has 4 N–H and O–H groups in total. The Bertz CT molecular complexity index is 423. The molecule has 0 aliphatic rings. The quantitative estimate of drug-likeness (QED) is 0.636. The van der Waals surface area contributed by atoms with Gasteiger partial charge in [-0.1, -0.05) is 0 Å². The van der Waals surface area contributed by atoms with Crippen molar-refractivity contribution in [2.45, 2.75) is 6.42 Å². The molecule has 0 aromatic carbocycles. The molecule has 0 aliphatic carbocycles. The zero-order valence-corrected chi connectivity index (χ0v) is 7.07. The van der Waals surface area contributed by atoms with Gasteiger partial charge in [0.15, 0.2) is 5.82 Å². The summed E-state index contributed by atoms with van der Waals surface area (Å²) in [5.41, 5.74) is 7.46. The number of fused-ring (bicyclic) bond motifs is 1. The smallest absolute Gasteiger partial charge is 0.151 e. The van der Waals surface area contributed by atoms with Gasteiger partial charge < -0.3 is 10.8 Å². The van der Waals surface area contributed by atoms with E-state index in [-0.39, 0.29) is 0 Å². The van der Waals surface area contributed by atoms with Crippen LogP contribution in [0.1, 0.15) is 5.69 Å². The lowest BCUT2D eigenvalue weighted by Crippen LogP contribution is -2.03. The van der Waals surface area contributed by atoms with Crippen molar-refractivity contribution in [2.24, 2.45) is 0 Å². The van der Waals surface area contributed by atoms with Crippen LogP contribution < -0.4 is 5.73 Å². The number of nitrogens with two attached hydrogens (primary N) is 1. The summed E-state index contributed by atoms with van der Waals surface area (Å²) in [6.07, 6.45) is 2.11. The van der Waals surface area contributed by atoms with Crippen molar-refractivity contribution in [3.8, 4) is 0 Å². The molecule has 0 amide bonds.